The van der Waals surface area contributed by atoms with Gasteiger partial charge >= 0.3 is 10.2 Å². The summed E-state index contributed by atoms with van der Waals surface area (Å²) >= 11 is 1.27. The summed E-state index contributed by atoms with van der Waals surface area (Å²) in [4.78, 5) is 3.88. The minimum absolute atomic E-state index is 0.0752. The van der Waals surface area contributed by atoms with Crippen LogP contribution in [0.5, 0.6) is 0 Å². The van der Waals surface area contributed by atoms with Crippen molar-refractivity contribution in [2.75, 3.05) is 4.72 Å². The van der Waals surface area contributed by atoms with Crippen molar-refractivity contribution in [3.05, 3.63) is 11.6 Å². The van der Waals surface area contributed by atoms with Crippen molar-refractivity contribution in [1.29, 1.82) is 0 Å². The van der Waals surface area contributed by atoms with Gasteiger partial charge in [0.1, 0.15) is 0 Å². The summed E-state index contributed by atoms with van der Waals surface area (Å²) in [7, 11) is -3.46. The van der Waals surface area contributed by atoms with Crippen LogP contribution in [0.2, 0.25) is 0 Å². The van der Waals surface area contributed by atoms with Crippen LogP contribution in [0.1, 0.15) is 32.1 Å². The van der Waals surface area contributed by atoms with E-state index in [-0.39, 0.29) is 6.04 Å². The van der Waals surface area contributed by atoms with Crippen LogP contribution in [0.4, 0.5) is 5.13 Å². The Labute approximate surface area is 99.5 Å². The van der Waals surface area contributed by atoms with Gasteiger partial charge in [-0.15, -0.1) is 11.3 Å². The second-order valence-electron chi connectivity index (χ2n) is 3.90. The first-order chi connectivity index (χ1) is 7.66. The first kappa shape index (κ1) is 11.8. The Morgan fingerprint density at radius 2 is 2.06 bits per heavy atom. The van der Waals surface area contributed by atoms with E-state index in [1.165, 1.54) is 17.8 Å². The summed E-state index contributed by atoms with van der Waals surface area (Å²) in [5, 5.41) is 2.14. The van der Waals surface area contributed by atoms with E-state index in [9.17, 15) is 8.42 Å². The van der Waals surface area contributed by atoms with Crippen LogP contribution >= 0.6 is 11.3 Å². The van der Waals surface area contributed by atoms with Crippen LogP contribution in [0.15, 0.2) is 11.6 Å². The Kier molecular flexibility index (Phi) is 3.78. The number of hydrogen-bond donors (Lipinski definition) is 2. The molecule has 1 saturated carbocycles. The number of nitrogens with zero attached hydrogens (tertiary/aromatic N) is 1. The van der Waals surface area contributed by atoms with Gasteiger partial charge in [-0.05, 0) is 12.8 Å². The highest BCUT2D eigenvalue weighted by Crippen LogP contribution is 2.19. The van der Waals surface area contributed by atoms with E-state index in [0.29, 0.717) is 5.13 Å². The fourth-order valence-corrected chi connectivity index (χ4v) is 3.77. The average molecular weight is 261 g/mol. The van der Waals surface area contributed by atoms with Gasteiger partial charge in [0, 0.05) is 17.6 Å². The van der Waals surface area contributed by atoms with Gasteiger partial charge in [-0.25, -0.2) is 9.71 Å². The summed E-state index contributed by atoms with van der Waals surface area (Å²) in [5.41, 5.74) is 0. The zero-order valence-electron chi connectivity index (χ0n) is 8.85. The number of aromatic nitrogens is 1. The smallest absolute Gasteiger partial charge is 0.246 e. The zero-order valence-corrected chi connectivity index (χ0v) is 10.5. The van der Waals surface area contributed by atoms with Crippen molar-refractivity contribution >= 4 is 26.7 Å². The van der Waals surface area contributed by atoms with Gasteiger partial charge in [-0.2, -0.15) is 13.1 Å². The van der Waals surface area contributed by atoms with E-state index >= 15 is 0 Å². The molecule has 1 heterocycles. The van der Waals surface area contributed by atoms with Gasteiger partial charge in [0.05, 0.1) is 0 Å². The average Bonchev–Trinajstić information content (AvgIpc) is 2.70. The predicted octanol–water partition coefficient (Wildman–Crippen LogP) is 1.72. The van der Waals surface area contributed by atoms with Gasteiger partial charge < -0.3 is 0 Å². The van der Waals surface area contributed by atoms with Crippen LogP contribution in [-0.4, -0.2) is 19.4 Å². The minimum atomic E-state index is -3.46. The van der Waals surface area contributed by atoms with Crippen molar-refractivity contribution in [2.24, 2.45) is 0 Å². The lowest BCUT2D eigenvalue weighted by molar-refractivity contribution is 0.413. The standard InChI is InChI=1S/C9H15N3O2S2/c13-16(14,12-9-10-6-7-15-9)11-8-4-2-1-3-5-8/h6-8,11H,1-5H2,(H,10,12). The topological polar surface area (TPSA) is 71.1 Å². The number of thiazole rings is 1. The molecule has 90 valence electrons. The predicted molar refractivity (Wildman–Crippen MR) is 64.7 cm³/mol. The van der Waals surface area contributed by atoms with E-state index in [1.807, 2.05) is 0 Å². The molecule has 2 N–H and O–H groups in total. The molecular formula is C9H15N3O2S2. The molecule has 0 radical (unpaired) electrons. The highest BCUT2D eigenvalue weighted by atomic mass is 32.2. The number of nitrogens with one attached hydrogen (secondary N) is 2. The molecule has 1 aromatic rings. The van der Waals surface area contributed by atoms with Crippen molar-refractivity contribution < 1.29 is 8.42 Å². The minimum Gasteiger partial charge on any atom is -0.246 e. The highest BCUT2D eigenvalue weighted by molar-refractivity contribution is 7.91. The molecule has 0 unspecified atom stereocenters. The van der Waals surface area contributed by atoms with Crippen LogP contribution in [-0.2, 0) is 10.2 Å². The van der Waals surface area contributed by atoms with Crippen LogP contribution in [0.25, 0.3) is 0 Å². The Bertz CT molecular complexity index is 410. The maximum absolute atomic E-state index is 11.7. The summed E-state index contributed by atoms with van der Waals surface area (Å²) in [6.07, 6.45) is 6.84. The van der Waals surface area contributed by atoms with E-state index in [4.69, 9.17) is 0 Å². The first-order valence-corrected chi connectivity index (χ1v) is 7.71. The second kappa shape index (κ2) is 5.11. The molecule has 1 aliphatic carbocycles. The first-order valence-electron chi connectivity index (χ1n) is 5.35. The van der Waals surface area contributed by atoms with Crippen molar-refractivity contribution in [1.82, 2.24) is 9.71 Å². The molecule has 7 heteroatoms. The van der Waals surface area contributed by atoms with Crippen LogP contribution in [0, 0.1) is 0 Å². The Hall–Kier alpha value is -0.660. The lowest BCUT2D eigenvalue weighted by Gasteiger charge is -2.22. The van der Waals surface area contributed by atoms with Crippen molar-refractivity contribution in [3.8, 4) is 0 Å². The maximum atomic E-state index is 11.7. The molecule has 16 heavy (non-hydrogen) atoms. The van der Waals surface area contributed by atoms with Crippen molar-refractivity contribution in [2.45, 2.75) is 38.1 Å². The maximum Gasteiger partial charge on any atom is 0.301 e. The fourth-order valence-electron chi connectivity index (χ4n) is 1.86. The monoisotopic (exact) mass is 261 g/mol. The lowest BCUT2D eigenvalue weighted by Crippen LogP contribution is -2.39. The molecule has 0 spiro atoms. The lowest BCUT2D eigenvalue weighted by atomic mass is 9.96. The van der Waals surface area contributed by atoms with Gasteiger partial charge in [-0.3, -0.25) is 0 Å². The molecule has 0 bridgehead atoms. The molecule has 5 nitrogen and oxygen atoms in total. The van der Waals surface area contributed by atoms with Gasteiger partial charge in [-0.1, -0.05) is 19.3 Å². The Morgan fingerprint density at radius 1 is 1.31 bits per heavy atom. The highest BCUT2D eigenvalue weighted by Gasteiger charge is 2.20. The van der Waals surface area contributed by atoms with Crippen LogP contribution < -0.4 is 9.44 Å². The molecule has 0 amide bonds. The largest absolute Gasteiger partial charge is 0.301 e. The Balaban J connectivity index is 1.92. The summed E-state index contributed by atoms with van der Waals surface area (Å²) in [6, 6.07) is 0.0752. The number of anilines is 1. The third-order valence-corrected chi connectivity index (χ3v) is 4.50. The molecule has 0 aliphatic heterocycles. The molecule has 0 saturated heterocycles. The van der Waals surface area contributed by atoms with E-state index in [2.05, 4.69) is 14.4 Å². The molecule has 0 atom stereocenters. The van der Waals surface area contributed by atoms with E-state index in [0.717, 1.165) is 25.7 Å². The summed E-state index contributed by atoms with van der Waals surface area (Å²) < 4.78 is 28.5. The second-order valence-corrected chi connectivity index (χ2v) is 6.24. The molecule has 1 aliphatic rings. The number of hydrogen-bond acceptors (Lipinski definition) is 4. The van der Waals surface area contributed by atoms with E-state index in [1.54, 1.807) is 11.6 Å². The molecule has 1 aromatic heterocycles. The van der Waals surface area contributed by atoms with Crippen molar-refractivity contribution in [3.63, 3.8) is 0 Å². The molecule has 0 aromatic carbocycles. The fraction of sp³-hybridized carbons (Fsp3) is 0.667. The van der Waals surface area contributed by atoms with Crippen LogP contribution in [0.3, 0.4) is 0 Å². The summed E-state index contributed by atoms with van der Waals surface area (Å²) in [5.74, 6) is 0. The third kappa shape index (κ3) is 3.43. The molecule has 1 fully saturated rings. The zero-order chi connectivity index (χ0) is 11.4. The molecule has 2 rings (SSSR count). The third-order valence-electron chi connectivity index (χ3n) is 2.58. The quantitative estimate of drug-likeness (QED) is 0.867. The SMILES string of the molecule is O=S(=O)(Nc1nccs1)NC1CCCCC1. The Morgan fingerprint density at radius 3 is 2.69 bits per heavy atom. The van der Waals surface area contributed by atoms with E-state index < -0.39 is 10.2 Å². The molecular weight excluding hydrogens is 246 g/mol. The van der Waals surface area contributed by atoms with Gasteiger partial charge in [0.15, 0.2) is 5.13 Å². The van der Waals surface area contributed by atoms with Gasteiger partial charge in [0.25, 0.3) is 0 Å². The normalized spacial score (nSPS) is 18.5. The number of rotatable bonds is 4. The van der Waals surface area contributed by atoms with Gasteiger partial charge in [0.2, 0.25) is 0 Å². The summed E-state index contributed by atoms with van der Waals surface area (Å²) in [6.45, 7) is 0.